The molecule has 0 heterocycles. The molecule has 0 aromatic heterocycles. The van der Waals surface area contributed by atoms with Gasteiger partial charge in [-0.05, 0) is 84.7 Å². The molecule has 4 atom stereocenters. The zero-order valence-electron chi connectivity index (χ0n) is 59.2. The highest BCUT2D eigenvalue weighted by Crippen LogP contribution is 2.42. The SMILES string of the molecule is CCC(C)CCC(CC)c1ccc(OCCOCCOCCOCCOCCOCCOCCOCCOCCOCCOP(=O)(O)OCCOCCOCCOCCOCCOCCOCCOCCOCCOCCOc2ccc(C(CC)CCC(C)CC)cc2)cc1. The van der Waals surface area contributed by atoms with Crippen LogP contribution in [0.3, 0.4) is 0 Å². The van der Waals surface area contributed by atoms with Crippen molar-refractivity contribution in [1.29, 1.82) is 0 Å². The van der Waals surface area contributed by atoms with E-state index in [2.05, 4.69) is 90.1 Å². The van der Waals surface area contributed by atoms with E-state index in [1.807, 2.05) is 0 Å². The minimum absolute atomic E-state index is 0.0941. The van der Waals surface area contributed by atoms with Crippen molar-refractivity contribution in [3.8, 4) is 11.5 Å². The Morgan fingerprint density at radius 1 is 0.263 bits per heavy atom. The standard InChI is InChI=1S/C70H127O24P/c1-7-63(5)11-13-65(9-3)67-15-19-69(20-16-67)91-59-55-87-51-47-83-43-39-79-35-31-75-27-23-73-25-29-77-33-37-81-41-45-85-49-53-89-57-61-93-95(71,72)94-62-58-90-54-50-86-46-42-82-38-34-78-30-26-74-24-28-76-32-36-80-40-44-84-48-52-88-56-60-92-70-21-17-68(18-22-70)66(10-4)14-12-64(6)8-2/h15-22,63-66H,7-14,23-62H2,1-6H3,(H,71,72). The molecule has 4 unspecified atom stereocenters. The van der Waals surface area contributed by atoms with Crippen LogP contribution in [0.1, 0.15) is 116 Å². The maximum atomic E-state index is 12.1. The minimum Gasteiger partial charge on any atom is -0.491 e. The van der Waals surface area contributed by atoms with E-state index < -0.39 is 7.82 Å². The average Bonchev–Trinajstić information content (AvgIpc) is 1.30. The zero-order valence-corrected chi connectivity index (χ0v) is 60.0. The molecule has 0 saturated heterocycles. The quantitative estimate of drug-likeness (QED) is 0.0478. The molecular weight excluding hydrogens is 1260 g/mol. The molecule has 0 saturated carbocycles. The number of benzene rings is 2. The Balaban J connectivity index is 1.17. The van der Waals surface area contributed by atoms with Gasteiger partial charge in [0.05, 0.1) is 251 Å². The monoisotopic (exact) mass is 1380 g/mol. The van der Waals surface area contributed by atoms with E-state index in [0.29, 0.717) is 236 Å². The second-order valence-corrected chi connectivity index (χ2v) is 23.8. The first kappa shape index (κ1) is 88.5. The molecule has 24 nitrogen and oxygen atoms in total. The van der Waals surface area contributed by atoms with Gasteiger partial charge in [-0.3, -0.25) is 9.05 Å². The molecule has 2 aromatic rings. The summed E-state index contributed by atoms with van der Waals surface area (Å²) in [6.07, 6.45) is 9.81. The molecule has 2 rings (SSSR count). The molecule has 0 spiro atoms. The number of hydrogen-bond donors (Lipinski definition) is 1. The summed E-state index contributed by atoms with van der Waals surface area (Å²) in [7, 11) is -4.24. The van der Waals surface area contributed by atoms with Crippen molar-refractivity contribution in [3.05, 3.63) is 59.7 Å². The lowest BCUT2D eigenvalue weighted by Crippen LogP contribution is -2.15. The first-order chi connectivity index (χ1) is 46.7. The second-order valence-electron chi connectivity index (χ2n) is 22.4. The Kier molecular flexibility index (Phi) is 62.7. The Labute approximate surface area is 570 Å². The van der Waals surface area contributed by atoms with E-state index in [-0.39, 0.29) is 39.6 Å². The fourth-order valence-corrected chi connectivity index (χ4v) is 9.57. The summed E-state index contributed by atoms with van der Waals surface area (Å²) in [4.78, 5) is 9.87. The van der Waals surface area contributed by atoms with Gasteiger partial charge in [-0.25, -0.2) is 4.57 Å². The highest BCUT2D eigenvalue weighted by Gasteiger charge is 2.20. The lowest BCUT2D eigenvalue weighted by atomic mass is 9.88. The molecule has 1 N–H and O–H groups in total. The van der Waals surface area contributed by atoms with Gasteiger partial charge in [0.1, 0.15) is 24.7 Å². The summed E-state index contributed by atoms with van der Waals surface area (Å²) in [6.45, 7) is 29.9. The first-order valence-corrected chi connectivity index (χ1v) is 36.7. The molecule has 0 aliphatic carbocycles. The lowest BCUT2D eigenvalue weighted by Gasteiger charge is -2.18. The van der Waals surface area contributed by atoms with Gasteiger partial charge >= 0.3 is 7.82 Å². The minimum atomic E-state index is -4.24. The van der Waals surface area contributed by atoms with Gasteiger partial charge in [-0.2, -0.15) is 0 Å². The number of phosphoric acid groups is 1. The largest absolute Gasteiger partial charge is 0.491 e. The van der Waals surface area contributed by atoms with E-state index in [4.69, 9.17) is 104 Å². The third-order valence-corrected chi connectivity index (χ3v) is 16.0. The van der Waals surface area contributed by atoms with Gasteiger partial charge in [0.2, 0.25) is 0 Å². The molecule has 0 radical (unpaired) electrons. The van der Waals surface area contributed by atoms with Crippen molar-refractivity contribution in [3.63, 3.8) is 0 Å². The number of ether oxygens (including phenoxy) is 20. The molecule has 95 heavy (non-hydrogen) atoms. The topological polar surface area (TPSA) is 240 Å². The Morgan fingerprint density at radius 2 is 0.442 bits per heavy atom. The summed E-state index contributed by atoms with van der Waals surface area (Å²) in [6, 6.07) is 17.1. The van der Waals surface area contributed by atoms with E-state index in [9.17, 15) is 9.46 Å². The second kappa shape index (κ2) is 67.3. The van der Waals surface area contributed by atoms with Crippen LogP contribution >= 0.6 is 7.82 Å². The van der Waals surface area contributed by atoms with E-state index in [1.54, 1.807) is 0 Å². The maximum absolute atomic E-state index is 12.1. The zero-order chi connectivity index (χ0) is 68.3. The normalized spacial score (nSPS) is 13.7. The number of phosphoric ester groups is 1. The highest BCUT2D eigenvalue weighted by atomic mass is 31.2. The third-order valence-electron chi connectivity index (χ3n) is 15.0. The summed E-state index contributed by atoms with van der Waals surface area (Å²) in [5.74, 6) is 4.52. The van der Waals surface area contributed by atoms with Crippen molar-refractivity contribution < 1.29 is 113 Å². The molecule has 25 heteroatoms. The number of rotatable bonds is 76. The first-order valence-electron chi connectivity index (χ1n) is 35.2. The van der Waals surface area contributed by atoms with Gasteiger partial charge in [-0.1, -0.05) is 91.5 Å². The molecule has 0 bridgehead atoms. The van der Waals surface area contributed by atoms with Crippen molar-refractivity contribution >= 4 is 7.82 Å². The molecule has 0 aliphatic rings. The van der Waals surface area contributed by atoms with Crippen LogP contribution in [-0.4, -0.2) is 269 Å². The Bertz CT molecular complexity index is 1800. The number of hydrogen-bond acceptors (Lipinski definition) is 23. The van der Waals surface area contributed by atoms with E-state index in [0.717, 1.165) is 36.2 Å². The summed E-state index contributed by atoms with van der Waals surface area (Å²) in [5.41, 5.74) is 2.79. The molecule has 2 aromatic carbocycles. The molecule has 0 amide bonds. The summed E-state index contributed by atoms with van der Waals surface area (Å²) < 4.78 is 133. The third kappa shape index (κ3) is 56.8. The van der Waals surface area contributed by atoms with Crippen LogP contribution in [0, 0.1) is 11.8 Å². The highest BCUT2D eigenvalue weighted by molar-refractivity contribution is 7.47. The van der Waals surface area contributed by atoms with Crippen molar-refractivity contribution in [1.82, 2.24) is 0 Å². The Morgan fingerprint density at radius 3 is 0.621 bits per heavy atom. The summed E-state index contributed by atoms with van der Waals surface area (Å²) >= 11 is 0. The van der Waals surface area contributed by atoms with E-state index >= 15 is 0 Å². The van der Waals surface area contributed by atoms with Crippen molar-refractivity contribution in [2.45, 2.75) is 105 Å². The van der Waals surface area contributed by atoms with Gasteiger partial charge in [-0.15, -0.1) is 0 Å². The van der Waals surface area contributed by atoms with Crippen LogP contribution in [0.15, 0.2) is 48.5 Å². The predicted octanol–water partition coefficient (Wildman–Crippen LogP) is 10.2. The fraction of sp³-hybridized carbons (Fsp3) is 0.829. The molecule has 556 valence electrons. The fourth-order valence-electron chi connectivity index (χ4n) is 8.89. The van der Waals surface area contributed by atoms with E-state index in [1.165, 1.54) is 49.7 Å². The van der Waals surface area contributed by atoms with Crippen LogP contribution in [0.4, 0.5) is 0 Å². The molecule has 0 aliphatic heterocycles. The van der Waals surface area contributed by atoms with Crippen LogP contribution in [-0.2, 0) is 98.9 Å². The van der Waals surface area contributed by atoms with Crippen LogP contribution in [0.25, 0.3) is 0 Å². The van der Waals surface area contributed by atoms with Gasteiger partial charge in [0, 0.05) is 0 Å². The summed E-state index contributed by atoms with van der Waals surface area (Å²) in [5, 5.41) is 0. The van der Waals surface area contributed by atoms with Crippen molar-refractivity contribution in [2.75, 3.05) is 264 Å². The van der Waals surface area contributed by atoms with Crippen molar-refractivity contribution in [2.24, 2.45) is 11.8 Å². The molecule has 0 fully saturated rings. The molecular formula is C70H127O24P. The Hall–Kier alpha value is -2.57. The van der Waals surface area contributed by atoms with Gasteiger partial charge < -0.3 is 99.6 Å². The van der Waals surface area contributed by atoms with Crippen LogP contribution in [0.2, 0.25) is 0 Å². The van der Waals surface area contributed by atoms with Crippen LogP contribution < -0.4 is 9.47 Å². The average molecular weight is 1380 g/mol. The smallest absolute Gasteiger partial charge is 0.472 e. The van der Waals surface area contributed by atoms with Crippen LogP contribution in [0.5, 0.6) is 11.5 Å². The lowest BCUT2D eigenvalue weighted by molar-refractivity contribution is -0.0263. The van der Waals surface area contributed by atoms with Gasteiger partial charge in [0.15, 0.2) is 0 Å². The predicted molar refractivity (Wildman–Crippen MR) is 364 cm³/mol. The maximum Gasteiger partial charge on any atom is 0.472 e. The van der Waals surface area contributed by atoms with Gasteiger partial charge in [0.25, 0.3) is 0 Å².